The van der Waals surface area contributed by atoms with Crippen molar-refractivity contribution in [2.24, 2.45) is 0 Å². The fourth-order valence-electron chi connectivity index (χ4n) is 4.09. The van der Waals surface area contributed by atoms with Crippen LogP contribution in [0.1, 0.15) is 28.9 Å². The van der Waals surface area contributed by atoms with E-state index in [1.54, 1.807) is 11.1 Å². The van der Waals surface area contributed by atoms with Crippen molar-refractivity contribution in [3.05, 3.63) is 70.0 Å². The van der Waals surface area contributed by atoms with Gasteiger partial charge < -0.3 is 14.2 Å². The molecule has 0 fully saturated rings. The van der Waals surface area contributed by atoms with Crippen molar-refractivity contribution in [2.45, 2.75) is 19.4 Å². The first-order valence-corrected chi connectivity index (χ1v) is 8.85. The molecule has 2 aliphatic rings. The van der Waals surface area contributed by atoms with E-state index in [1.807, 2.05) is 36.4 Å². The van der Waals surface area contributed by atoms with E-state index in [2.05, 4.69) is 17.6 Å². The fraction of sp³-hybridized carbons (Fsp3) is 0.238. The van der Waals surface area contributed by atoms with Crippen molar-refractivity contribution in [1.82, 2.24) is 4.57 Å². The minimum Gasteiger partial charge on any atom is -0.490 e. The predicted octanol–water partition coefficient (Wildman–Crippen LogP) is 3.16. The van der Waals surface area contributed by atoms with Crippen molar-refractivity contribution in [3.8, 4) is 5.75 Å². The van der Waals surface area contributed by atoms with Gasteiger partial charge in [0.1, 0.15) is 17.9 Å². The van der Waals surface area contributed by atoms with Gasteiger partial charge in [0.25, 0.3) is 5.91 Å². The standard InChI is InChI=1S/C21H18N2O3/c1-13-11-14-5-4-6-15-19(14)23(13)12-16(20(15)24)21(25)22-9-10-26-18-8-3-2-7-17(18)22/h2-8,12-13H,9-11H2,1H3. The number of nitrogens with zero attached hydrogens (tertiary/aromatic N) is 2. The van der Waals surface area contributed by atoms with E-state index in [1.165, 1.54) is 5.56 Å². The number of ether oxygens (including phenoxy) is 1. The molecule has 3 aromatic rings. The lowest BCUT2D eigenvalue weighted by atomic mass is 10.1. The minimum atomic E-state index is -0.263. The number of fused-ring (bicyclic) bond motifs is 1. The van der Waals surface area contributed by atoms with Crippen LogP contribution in [0.25, 0.3) is 10.9 Å². The van der Waals surface area contributed by atoms with Gasteiger partial charge in [0.15, 0.2) is 0 Å². The van der Waals surface area contributed by atoms with Gasteiger partial charge in [-0.3, -0.25) is 9.59 Å². The summed E-state index contributed by atoms with van der Waals surface area (Å²) in [5, 5.41) is 0.624. The summed E-state index contributed by atoms with van der Waals surface area (Å²) in [6.07, 6.45) is 2.63. The lowest BCUT2D eigenvalue weighted by Gasteiger charge is -2.29. The normalized spacial score (nSPS) is 17.9. The third-order valence-electron chi connectivity index (χ3n) is 5.33. The highest BCUT2D eigenvalue weighted by atomic mass is 16.5. The highest BCUT2D eigenvalue weighted by Gasteiger charge is 2.29. The largest absolute Gasteiger partial charge is 0.490 e. The van der Waals surface area contributed by atoms with Gasteiger partial charge in [0.05, 0.1) is 17.7 Å². The van der Waals surface area contributed by atoms with Gasteiger partial charge in [0, 0.05) is 17.6 Å². The molecule has 1 aromatic heterocycles. The molecule has 0 N–H and O–H groups in total. The quantitative estimate of drug-likeness (QED) is 0.680. The first kappa shape index (κ1) is 15.2. The molecule has 0 saturated heterocycles. The SMILES string of the molecule is CC1Cc2cccc3c(=O)c(C(=O)N4CCOc5ccccc54)cn1c23. The summed E-state index contributed by atoms with van der Waals surface area (Å²) >= 11 is 0. The Kier molecular flexibility index (Phi) is 3.19. The molecule has 1 amide bonds. The van der Waals surface area contributed by atoms with Crippen LogP contribution in [0.15, 0.2) is 53.5 Å². The minimum absolute atomic E-state index is 0.193. The first-order valence-electron chi connectivity index (χ1n) is 8.85. The Hall–Kier alpha value is -3.08. The van der Waals surface area contributed by atoms with Gasteiger partial charge in [-0.15, -0.1) is 0 Å². The number of carbonyl (C=O) groups is 1. The Morgan fingerprint density at radius 2 is 2.00 bits per heavy atom. The van der Waals surface area contributed by atoms with E-state index < -0.39 is 0 Å². The Balaban J connectivity index is 1.69. The van der Waals surface area contributed by atoms with Crippen LogP contribution in [0.2, 0.25) is 0 Å². The molecule has 130 valence electrons. The van der Waals surface area contributed by atoms with E-state index in [9.17, 15) is 9.59 Å². The number of aromatic nitrogens is 1. The molecule has 1 atom stereocenters. The second-order valence-corrected chi connectivity index (χ2v) is 6.92. The van der Waals surface area contributed by atoms with Crippen LogP contribution in [-0.2, 0) is 6.42 Å². The number of anilines is 1. The van der Waals surface area contributed by atoms with Crippen molar-refractivity contribution in [1.29, 1.82) is 0 Å². The Morgan fingerprint density at radius 3 is 2.88 bits per heavy atom. The zero-order chi connectivity index (χ0) is 17.8. The maximum atomic E-state index is 13.3. The van der Waals surface area contributed by atoms with Crippen molar-refractivity contribution >= 4 is 22.5 Å². The molecule has 0 spiro atoms. The van der Waals surface area contributed by atoms with E-state index in [4.69, 9.17) is 4.74 Å². The molecular weight excluding hydrogens is 328 g/mol. The van der Waals surface area contributed by atoms with Crippen LogP contribution in [0.5, 0.6) is 5.75 Å². The summed E-state index contributed by atoms with van der Waals surface area (Å²) in [6.45, 7) is 2.97. The van der Waals surface area contributed by atoms with Crippen LogP contribution in [0.4, 0.5) is 5.69 Å². The van der Waals surface area contributed by atoms with Crippen molar-refractivity contribution in [2.75, 3.05) is 18.1 Å². The summed E-state index contributed by atoms with van der Waals surface area (Å²) in [7, 11) is 0. The molecule has 0 aliphatic carbocycles. The van der Waals surface area contributed by atoms with Crippen molar-refractivity contribution < 1.29 is 9.53 Å². The van der Waals surface area contributed by atoms with Crippen LogP contribution >= 0.6 is 0 Å². The number of pyridine rings is 1. The first-order chi connectivity index (χ1) is 12.6. The van der Waals surface area contributed by atoms with Crippen LogP contribution < -0.4 is 15.1 Å². The number of amides is 1. The number of hydrogen-bond acceptors (Lipinski definition) is 3. The maximum Gasteiger partial charge on any atom is 0.263 e. The summed E-state index contributed by atoms with van der Waals surface area (Å²) in [4.78, 5) is 28.0. The molecule has 0 saturated carbocycles. The number of rotatable bonds is 1. The summed E-state index contributed by atoms with van der Waals surface area (Å²) in [5.41, 5.74) is 2.87. The smallest absolute Gasteiger partial charge is 0.263 e. The monoisotopic (exact) mass is 346 g/mol. The summed E-state index contributed by atoms with van der Waals surface area (Å²) in [5.74, 6) is 0.411. The van der Waals surface area contributed by atoms with Crippen LogP contribution in [0, 0.1) is 0 Å². The average molecular weight is 346 g/mol. The van der Waals surface area contributed by atoms with Gasteiger partial charge in [-0.05, 0) is 37.1 Å². The number of hydrogen-bond donors (Lipinski definition) is 0. The second-order valence-electron chi connectivity index (χ2n) is 6.92. The zero-order valence-corrected chi connectivity index (χ0v) is 14.4. The van der Waals surface area contributed by atoms with Gasteiger partial charge in [-0.2, -0.15) is 0 Å². The van der Waals surface area contributed by atoms with Gasteiger partial charge >= 0.3 is 0 Å². The summed E-state index contributed by atoms with van der Waals surface area (Å²) in [6, 6.07) is 13.5. The topological polar surface area (TPSA) is 51.5 Å². The van der Waals surface area contributed by atoms with E-state index in [-0.39, 0.29) is 22.9 Å². The van der Waals surface area contributed by atoms with Crippen LogP contribution in [0.3, 0.4) is 0 Å². The van der Waals surface area contributed by atoms with Crippen LogP contribution in [-0.4, -0.2) is 23.6 Å². The Morgan fingerprint density at radius 1 is 1.15 bits per heavy atom. The molecule has 3 heterocycles. The third-order valence-corrected chi connectivity index (χ3v) is 5.33. The zero-order valence-electron chi connectivity index (χ0n) is 14.4. The second kappa shape index (κ2) is 5.46. The lowest BCUT2D eigenvalue weighted by Crippen LogP contribution is -2.40. The molecule has 2 aliphatic heterocycles. The van der Waals surface area contributed by atoms with Crippen molar-refractivity contribution in [3.63, 3.8) is 0 Å². The summed E-state index contributed by atoms with van der Waals surface area (Å²) < 4.78 is 7.71. The predicted molar refractivity (Wildman–Crippen MR) is 100 cm³/mol. The Labute approximate surface area is 150 Å². The average Bonchev–Trinajstić information content (AvgIpc) is 2.99. The van der Waals surface area contributed by atoms with Gasteiger partial charge in [-0.25, -0.2) is 0 Å². The highest BCUT2D eigenvalue weighted by Crippen LogP contribution is 2.34. The number of carbonyl (C=O) groups excluding carboxylic acids is 1. The molecular formula is C21H18N2O3. The number of para-hydroxylation sites is 3. The third kappa shape index (κ3) is 2.03. The number of benzene rings is 2. The van der Waals surface area contributed by atoms with E-state index in [0.717, 1.165) is 11.9 Å². The highest BCUT2D eigenvalue weighted by molar-refractivity contribution is 6.08. The van der Waals surface area contributed by atoms with Gasteiger partial charge in [-0.1, -0.05) is 24.3 Å². The molecule has 0 bridgehead atoms. The van der Waals surface area contributed by atoms with E-state index >= 15 is 0 Å². The van der Waals surface area contributed by atoms with Gasteiger partial charge in [0.2, 0.25) is 5.43 Å². The van der Waals surface area contributed by atoms with E-state index in [0.29, 0.717) is 30.0 Å². The fourth-order valence-corrected chi connectivity index (χ4v) is 4.09. The molecule has 5 nitrogen and oxygen atoms in total. The molecule has 5 heteroatoms. The molecule has 5 rings (SSSR count). The lowest BCUT2D eigenvalue weighted by molar-refractivity contribution is 0.0975. The molecule has 26 heavy (non-hydrogen) atoms. The molecule has 1 unspecified atom stereocenters. The maximum absolute atomic E-state index is 13.3. The molecule has 2 aromatic carbocycles. The Bertz CT molecular complexity index is 1120. The molecule has 0 radical (unpaired) electrons.